The van der Waals surface area contributed by atoms with E-state index >= 15 is 0 Å². The molecular formula is C22H23N3O. The van der Waals surface area contributed by atoms with Crippen molar-refractivity contribution in [1.82, 2.24) is 4.98 Å². The van der Waals surface area contributed by atoms with E-state index in [1.165, 1.54) is 0 Å². The summed E-state index contributed by atoms with van der Waals surface area (Å²) < 4.78 is 0. The number of aldehydes is 1. The number of rotatable bonds is 7. The van der Waals surface area contributed by atoms with Gasteiger partial charge in [0.1, 0.15) is 6.29 Å². The van der Waals surface area contributed by atoms with Gasteiger partial charge in [0.15, 0.2) is 0 Å². The summed E-state index contributed by atoms with van der Waals surface area (Å²) in [5, 5.41) is 5.69. The van der Waals surface area contributed by atoms with Gasteiger partial charge in [0, 0.05) is 35.6 Å². The average molecular weight is 345 g/mol. The lowest BCUT2D eigenvalue weighted by Gasteiger charge is -2.32. The Bertz CT molecular complexity index is 921. The summed E-state index contributed by atoms with van der Waals surface area (Å²) in [5.41, 5.74) is 7.57. The molecule has 26 heavy (non-hydrogen) atoms. The maximum absolute atomic E-state index is 12.3. The van der Waals surface area contributed by atoms with Crippen molar-refractivity contribution in [3.8, 4) is 0 Å². The van der Waals surface area contributed by atoms with Crippen molar-refractivity contribution in [2.75, 3.05) is 11.9 Å². The number of nitrogens with two attached hydrogens (primary N) is 1. The first-order chi connectivity index (χ1) is 12.6. The van der Waals surface area contributed by atoms with Gasteiger partial charge >= 0.3 is 0 Å². The van der Waals surface area contributed by atoms with Crippen LogP contribution in [0.4, 0.5) is 5.69 Å². The fourth-order valence-electron chi connectivity index (χ4n) is 3.61. The minimum atomic E-state index is -0.625. The van der Waals surface area contributed by atoms with Gasteiger partial charge in [0.2, 0.25) is 0 Å². The molecule has 4 heteroatoms. The van der Waals surface area contributed by atoms with Crippen molar-refractivity contribution in [2.24, 2.45) is 5.73 Å². The van der Waals surface area contributed by atoms with E-state index in [1.54, 1.807) is 6.20 Å². The summed E-state index contributed by atoms with van der Waals surface area (Å²) >= 11 is 0. The normalized spacial score (nSPS) is 17.4. The first kappa shape index (κ1) is 16.7. The van der Waals surface area contributed by atoms with Gasteiger partial charge in [-0.2, -0.15) is 0 Å². The molecule has 0 radical (unpaired) electrons. The lowest BCUT2D eigenvalue weighted by molar-refractivity contribution is -0.112. The summed E-state index contributed by atoms with van der Waals surface area (Å²) in [5.74, 6) is 0. The fourth-order valence-corrected chi connectivity index (χ4v) is 3.61. The highest BCUT2D eigenvalue weighted by Crippen LogP contribution is 2.43. The zero-order valence-corrected chi connectivity index (χ0v) is 14.7. The van der Waals surface area contributed by atoms with E-state index in [2.05, 4.69) is 16.4 Å². The van der Waals surface area contributed by atoms with E-state index in [9.17, 15) is 4.79 Å². The van der Waals surface area contributed by atoms with Crippen LogP contribution >= 0.6 is 0 Å². The lowest BCUT2D eigenvalue weighted by atomic mass is 9.75. The van der Waals surface area contributed by atoms with Crippen molar-refractivity contribution in [2.45, 2.75) is 30.2 Å². The molecule has 2 aromatic carbocycles. The Kier molecular flexibility index (Phi) is 4.21. The van der Waals surface area contributed by atoms with E-state index in [0.717, 1.165) is 41.2 Å². The highest BCUT2D eigenvalue weighted by Gasteiger charge is 2.47. The third kappa shape index (κ3) is 3.33. The molecule has 1 saturated carbocycles. The molecule has 0 aliphatic heterocycles. The SMILES string of the molecule is NC1(CC(C=O)(CNc2ccc3cnccc3c2)c2ccccc2)CC1. The molecule has 1 fully saturated rings. The largest absolute Gasteiger partial charge is 0.384 e. The topological polar surface area (TPSA) is 68.0 Å². The zero-order chi connectivity index (χ0) is 18.0. The second-order valence-electron chi connectivity index (χ2n) is 7.47. The second-order valence-corrected chi connectivity index (χ2v) is 7.47. The number of benzene rings is 2. The Morgan fingerprint density at radius 2 is 1.92 bits per heavy atom. The van der Waals surface area contributed by atoms with Crippen LogP contribution < -0.4 is 11.1 Å². The van der Waals surface area contributed by atoms with Gasteiger partial charge in [-0.05, 0) is 48.4 Å². The molecule has 0 spiro atoms. The Labute approximate surface area is 153 Å². The number of aromatic nitrogens is 1. The molecule has 1 unspecified atom stereocenters. The number of nitrogens with one attached hydrogen (secondary N) is 1. The number of carbonyl (C=O) groups is 1. The van der Waals surface area contributed by atoms with Gasteiger partial charge in [0.25, 0.3) is 0 Å². The Morgan fingerprint density at radius 1 is 1.12 bits per heavy atom. The maximum atomic E-state index is 12.3. The minimum Gasteiger partial charge on any atom is -0.384 e. The Balaban J connectivity index is 1.62. The molecule has 1 aromatic heterocycles. The smallest absolute Gasteiger partial charge is 0.132 e. The first-order valence-electron chi connectivity index (χ1n) is 9.01. The Hall–Kier alpha value is -2.72. The highest BCUT2D eigenvalue weighted by atomic mass is 16.1. The molecule has 1 atom stereocenters. The summed E-state index contributed by atoms with van der Waals surface area (Å²) in [6.45, 7) is 0.524. The van der Waals surface area contributed by atoms with Crippen LogP contribution in [-0.2, 0) is 10.2 Å². The van der Waals surface area contributed by atoms with Crippen LogP contribution in [0, 0.1) is 0 Å². The van der Waals surface area contributed by atoms with E-state index in [1.807, 2.05) is 54.7 Å². The molecule has 4 rings (SSSR count). The number of nitrogens with zero attached hydrogens (tertiary/aromatic N) is 1. The molecule has 1 aliphatic carbocycles. The van der Waals surface area contributed by atoms with Crippen molar-refractivity contribution < 1.29 is 4.79 Å². The average Bonchev–Trinajstić information content (AvgIpc) is 3.42. The van der Waals surface area contributed by atoms with Gasteiger partial charge < -0.3 is 15.8 Å². The molecule has 0 bridgehead atoms. The van der Waals surface area contributed by atoms with Gasteiger partial charge in [-0.15, -0.1) is 0 Å². The van der Waals surface area contributed by atoms with E-state index in [-0.39, 0.29) is 5.54 Å². The monoisotopic (exact) mass is 345 g/mol. The van der Waals surface area contributed by atoms with Crippen molar-refractivity contribution in [3.63, 3.8) is 0 Å². The summed E-state index contributed by atoms with van der Waals surface area (Å²) in [4.78, 5) is 16.4. The minimum absolute atomic E-state index is 0.215. The third-order valence-corrected chi connectivity index (χ3v) is 5.38. The fraction of sp³-hybridized carbons (Fsp3) is 0.273. The van der Waals surface area contributed by atoms with Gasteiger partial charge in [-0.25, -0.2) is 0 Å². The van der Waals surface area contributed by atoms with Gasteiger partial charge in [0.05, 0.1) is 5.41 Å². The van der Waals surface area contributed by atoms with E-state index < -0.39 is 5.41 Å². The highest BCUT2D eigenvalue weighted by molar-refractivity contribution is 5.85. The second kappa shape index (κ2) is 6.54. The number of hydrogen-bond donors (Lipinski definition) is 2. The molecule has 3 N–H and O–H groups in total. The number of anilines is 1. The first-order valence-corrected chi connectivity index (χ1v) is 9.01. The van der Waals surface area contributed by atoms with E-state index in [0.29, 0.717) is 13.0 Å². The zero-order valence-electron chi connectivity index (χ0n) is 14.7. The predicted octanol–water partition coefficient (Wildman–Crippen LogP) is 3.67. The number of hydrogen-bond acceptors (Lipinski definition) is 4. The summed E-state index contributed by atoms with van der Waals surface area (Å²) in [7, 11) is 0. The number of fused-ring (bicyclic) bond motifs is 1. The van der Waals surface area contributed by atoms with Gasteiger partial charge in [-0.3, -0.25) is 4.98 Å². The number of pyridine rings is 1. The van der Waals surface area contributed by atoms with Crippen LogP contribution in [0.15, 0.2) is 67.0 Å². The van der Waals surface area contributed by atoms with Crippen LogP contribution in [0.3, 0.4) is 0 Å². The van der Waals surface area contributed by atoms with Crippen LogP contribution in [0.25, 0.3) is 10.8 Å². The molecule has 4 nitrogen and oxygen atoms in total. The predicted molar refractivity (Wildman–Crippen MR) is 105 cm³/mol. The molecule has 1 aliphatic rings. The van der Waals surface area contributed by atoms with Crippen LogP contribution in [-0.4, -0.2) is 23.4 Å². The maximum Gasteiger partial charge on any atom is 0.132 e. The van der Waals surface area contributed by atoms with Crippen LogP contribution in [0.2, 0.25) is 0 Å². The Morgan fingerprint density at radius 3 is 2.65 bits per heavy atom. The third-order valence-electron chi connectivity index (χ3n) is 5.38. The van der Waals surface area contributed by atoms with E-state index in [4.69, 9.17) is 5.73 Å². The van der Waals surface area contributed by atoms with Crippen LogP contribution in [0.5, 0.6) is 0 Å². The quantitative estimate of drug-likeness (QED) is 0.641. The summed E-state index contributed by atoms with van der Waals surface area (Å²) in [6.07, 6.45) is 7.35. The molecule has 0 saturated heterocycles. The van der Waals surface area contributed by atoms with Crippen molar-refractivity contribution >= 4 is 22.7 Å². The van der Waals surface area contributed by atoms with Crippen molar-refractivity contribution in [3.05, 3.63) is 72.6 Å². The lowest BCUT2D eigenvalue weighted by Crippen LogP contribution is -2.43. The number of carbonyl (C=O) groups excluding carboxylic acids is 1. The molecule has 1 heterocycles. The molecular weight excluding hydrogens is 322 g/mol. The van der Waals surface area contributed by atoms with Gasteiger partial charge in [-0.1, -0.05) is 36.4 Å². The molecule has 3 aromatic rings. The standard InChI is InChI=1S/C22H23N3O/c23-22(9-10-22)14-21(16-26,19-4-2-1-3-5-19)15-25-20-7-6-18-13-24-11-8-17(18)12-20/h1-8,11-13,16,25H,9-10,14-15,23H2. The molecule has 132 valence electrons. The van der Waals surface area contributed by atoms with Crippen molar-refractivity contribution in [1.29, 1.82) is 0 Å². The summed E-state index contributed by atoms with van der Waals surface area (Å²) in [6, 6.07) is 18.1. The van der Waals surface area contributed by atoms with Crippen LogP contribution in [0.1, 0.15) is 24.8 Å². The molecule has 0 amide bonds.